The summed E-state index contributed by atoms with van der Waals surface area (Å²) in [5, 5.41) is 19.8. The van der Waals surface area contributed by atoms with Gasteiger partial charge in [0, 0.05) is 0 Å². The van der Waals surface area contributed by atoms with Crippen molar-refractivity contribution in [2.45, 2.75) is 12.8 Å². The number of amidine groups is 1. The van der Waals surface area contributed by atoms with Gasteiger partial charge >= 0.3 is 0 Å². The number of nitrogens with two attached hydrogens (primary N) is 1. The van der Waals surface area contributed by atoms with E-state index in [0.29, 0.717) is 12.5 Å². The highest BCUT2D eigenvalue weighted by Crippen LogP contribution is 2.29. The second kappa shape index (κ2) is 8.26. The van der Waals surface area contributed by atoms with Crippen molar-refractivity contribution in [1.82, 2.24) is 4.90 Å². The fraction of sp³-hybridized carbons (Fsp3) is 0.438. The van der Waals surface area contributed by atoms with Gasteiger partial charge in [-0.15, -0.1) is 0 Å². The molecule has 0 radical (unpaired) electrons. The van der Waals surface area contributed by atoms with Crippen molar-refractivity contribution >= 4 is 17.2 Å². The summed E-state index contributed by atoms with van der Waals surface area (Å²) in [5.41, 5.74) is 7.79. The molecule has 24 heavy (non-hydrogen) atoms. The molecule has 0 bridgehead atoms. The monoisotopic (exact) mass is 332 g/mol. The Balaban J connectivity index is 2.06. The lowest BCUT2D eigenvalue weighted by molar-refractivity contribution is 0.157. The number of para-hydroxylation sites is 1. The number of piperidine rings is 1. The molecule has 1 fully saturated rings. The standard InChI is InChI=1S/C16H21FN6O/c1-23-7-5-11(6-8-23)10-24-15-12(17)3-2-4-13(15)21-22-14(9-18)16(19)20/h2-4,11,21H,5-8,10H2,1H3,(H3,19,20)/b22-14+. The van der Waals surface area contributed by atoms with E-state index in [1.54, 1.807) is 12.1 Å². The van der Waals surface area contributed by atoms with Gasteiger partial charge in [-0.2, -0.15) is 10.4 Å². The minimum absolute atomic E-state index is 0.0565. The highest BCUT2D eigenvalue weighted by molar-refractivity contribution is 6.45. The van der Waals surface area contributed by atoms with Gasteiger partial charge in [-0.1, -0.05) is 6.07 Å². The first-order chi connectivity index (χ1) is 11.5. The topological polar surface area (TPSA) is 111 Å². The third-order valence-electron chi connectivity index (χ3n) is 3.92. The third kappa shape index (κ3) is 4.67. The number of halogens is 1. The second-order valence-corrected chi connectivity index (χ2v) is 5.77. The number of nitrogens with one attached hydrogen (secondary N) is 2. The molecular formula is C16H21FN6O. The lowest BCUT2D eigenvalue weighted by atomic mass is 9.98. The molecule has 1 aromatic carbocycles. The van der Waals surface area contributed by atoms with Gasteiger partial charge in [-0.05, 0) is 51.0 Å². The van der Waals surface area contributed by atoms with E-state index in [-0.39, 0.29) is 17.1 Å². The number of hydrazone groups is 1. The van der Waals surface area contributed by atoms with E-state index in [0.717, 1.165) is 25.9 Å². The zero-order valence-corrected chi connectivity index (χ0v) is 13.6. The predicted octanol–water partition coefficient (Wildman–Crippen LogP) is 1.77. The van der Waals surface area contributed by atoms with Crippen molar-refractivity contribution in [2.75, 3.05) is 32.2 Å². The van der Waals surface area contributed by atoms with Crippen LogP contribution >= 0.6 is 0 Å². The minimum Gasteiger partial charge on any atom is -0.488 e. The van der Waals surface area contributed by atoms with Gasteiger partial charge in [-0.3, -0.25) is 10.8 Å². The number of hydrogen-bond acceptors (Lipinski definition) is 6. The van der Waals surface area contributed by atoms with E-state index in [1.165, 1.54) is 12.1 Å². The molecule has 0 spiro atoms. The molecule has 0 aromatic heterocycles. The lowest BCUT2D eigenvalue weighted by Gasteiger charge is -2.28. The molecule has 4 N–H and O–H groups in total. The summed E-state index contributed by atoms with van der Waals surface area (Å²) in [7, 11) is 2.08. The van der Waals surface area contributed by atoms with Gasteiger partial charge in [0.2, 0.25) is 5.71 Å². The molecule has 0 saturated carbocycles. The molecule has 7 nitrogen and oxygen atoms in total. The van der Waals surface area contributed by atoms with Crippen LogP contribution in [0, 0.1) is 28.5 Å². The summed E-state index contributed by atoms with van der Waals surface area (Å²) in [5.74, 6) is -0.537. The van der Waals surface area contributed by atoms with Gasteiger partial charge in [0.1, 0.15) is 11.8 Å². The van der Waals surface area contributed by atoms with Crippen LogP contribution in [-0.2, 0) is 0 Å². The van der Waals surface area contributed by atoms with Crippen LogP contribution in [0.25, 0.3) is 0 Å². The molecule has 1 aliphatic heterocycles. The van der Waals surface area contributed by atoms with Gasteiger partial charge < -0.3 is 15.4 Å². The summed E-state index contributed by atoms with van der Waals surface area (Å²) >= 11 is 0. The fourth-order valence-corrected chi connectivity index (χ4v) is 2.44. The van der Waals surface area contributed by atoms with Crippen LogP contribution in [0.5, 0.6) is 5.75 Å². The smallest absolute Gasteiger partial charge is 0.201 e. The Hall–Kier alpha value is -2.66. The van der Waals surface area contributed by atoms with Crippen LogP contribution in [0.15, 0.2) is 23.3 Å². The van der Waals surface area contributed by atoms with Gasteiger partial charge in [-0.25, -0.2) is 4.39 Å². The van der Waals surface area contributed by atoms with E-state index >= 15 is 0 Å². The molecule has 128 valence electrons. The minimum atomic E-state index is -0.510. The van der Waals surface area contributed by atoms with Crippen molar-refractivity contribution in [3.8, 4) is 11.8 Å². The highest BCUT2D eigenvalue weighted by Gasteiger charge is 2.19. The van der Waals surface area contributed by atoms with Crippen LogP contribution in [-0.4, -0.2) is 43.2 Å². The Morgan fingerprint density at radius 3 is 2.88 bits per heavy atom. The van der Waals surface area contributed by atoms with Crippen LogP contribution < -0.4 is 15.9 Å². The van der Waals surface area contributed by atoms with E-state index < -0.39 is 11.7 Å². The highest BCUT2D eigenvalue weighted by atomic mass is 19.1. The lowest BCUT2D eigenvalue weighted by Crippen LogP contribution is -2.32. The largest absolute Gasteiger partial charge is 0.488 e. The average molecular weight is 332 g/mol. The van der Waals surface area contributed by atoms with Crippen LogP contribution in [0.2, 0.25) is 0 Å². The first-order valence-electron chi connectivity index (χ1n) is 7.69. The van der Waals surface area contributed by atoms with Crippen molar-refractivity contribution < 1.29 is 9.13 Å². The summed E-state index contributed by atoms with van der Waals surface area (Å²) in [6.07, 6.45) is 2.02. The molecule has 0 aliphatic carbocycles. The third-order valence-corrected chi connectivity index (χ3v) is 3.92. The van der Waals surface area contributed by atoms with Crippen molar-refractivity contribution in [3.63, 3.8) is 0 Å². The second-order valence-electron chi connectivity index (χ2n) is 5.77. The number of anilines is 1. The summed E-state index contributed by atoms with van der Waals surface area (Å²) < 4.78 is 19.8. The summed E-state index contributed by atoms with van der Waals surface area (Å²) in [4.78, 5) is 2.26. The Bertz CT molecular complexity index is 661. The van der Waals surface area contributed by atoms with Gasteiger partial charge in [0.05, 0.1) is 6.61 Å². The van der Waals surface area contributed by atoms with E-state index in [1.807, 2.05) is 0 Å². The number of nitrogens with zero attached hydrogens (tertiary/aromatic N) is 3. The average Bonchev–Trinajstić information content (AvgIpc) is 2.56. The molecule has 0 unspecified atom stereocenters. The maximum Gasteiger partial charge on any atom is 0.201 e. The zero-order chi connectivity index (χ0) is 17.5. The maximum atomic E-state index is 14.1. The Morgan fingerprint density at radius 2 is 2.25 bits per heavy atom. The number of ether oxygens (including phenoxy) is 1. The first-order valence-corrected chi connectivity index (χ1v) is 7.69. The van der Waals surface area contributed by atoms with Gasteiger partial charge in [0.25, 0.3) is 0 Å². The molecular weight excluding hydrogens is 311 g/mol. The molecule has 8 heteroatoms. The Labute approximate surface area is 140 Å². The van der Waals surface area contributed by atoms with Gasteiger partial charge in [0.15, 0.2) is 17.4 Å². The van der Waals surface area contributed by atoms with E-state index in [2.05, 4.69) is 22.5 Å². The number of likely N-dealkylation sites (tertiary alicyclic amines) is 1. The molecule has 1 aliphatic rings. The number of rotatable bonds is 6. The summed E-state index contributed by atoms with van der Waals surface area (Å²) in [6, 6.07) is 6.09. The van der Waals surface area contributed by atoms with E-state index in [9.17, 15) is 4.39 Å². The molecule has 0 amide bonds. The van der Waals surface area contributed by atoms with Crippen LogP contribution in [0.3, 0.4) is 0 Å². The quantitative estimate of drug-likeness (QED) is 0.418. The predicted molar refractivity (Wildman–Crippen MR) is 90.7 cm³/mol. The number of benzene rings is 1. The molecule has 1 aromatic rings. The van der Waals surface area contributed by atoms with Crippen LogP contribution in [0.4, 0.5) is 10.1 Å². The maximum absolute atomic E-state index is 14.1. The molecule has 0 atom stereocenters. The molecule has 2 rings (SSSR count). The number of nitriles is 1. The Kier molecular flexibility index (Phi) is 6.09. The van der Waals surface area contributed by atoms with E-state index in [4.69, 9.17) is 21.1 Å². The summed E-state index contributed by atoms with van der Waals surface area (Å²) in [6.45, 7) is 2.43. The fourth-order valence-electron chi connectivity index (χ4n) is 2.44. The number of hydrogen-bond donors (Lipinski definition) is 3. The van der Waals surface area contributed by atoms with Crippen LogP contribution in [0.1, 0.15) is 12.8 Å². The normalized spacial score (nSPS) is 16.5. The molecule has 1 saturated heterocycles. The van der Waals surface area contributed by atoms with Crippen molar-refractivity contribution in [2.24, 2.45) is 16.8 Å². The zero-order valence-electron chi connectivity index (χ0n) is 13.6. The van der Waals surface area contributed by atoms with Crippen molar-refractivity contribution in [3.05, 3.63) is 24.0 Å². The molecule has 1 heterocycles. The van der Waals surface area contributed by atoms with Crippen molar-refractivity contribution in [1.29, 1.82) is 10.7 Å². The first kappa shape index (κ1) is 17.7. The SMILES string of the molecule is CN1CCC(COc2c(F)cccc2N/N=C(\C#N)C(=N)N)CC1. The Morgan fingerprint density at radius 1 is 1.54 bits per heavy atom.